The second kappa shape index (κ2) is 4.23. The molecule has 1 aromatic carbocycles. The number of hydrogen-bond acceptors (Lipinski definition) is 3. The highest BCUT2D eigenvalue weighted by Gasteiger charge is 2.14. The third-order valence-corrected chi connectivity index (χ3v) is 3.74. The van der Waals surface area contributed by atoms with Crippen molar-refractivity contribution in [3.63, 3.8) is 0 Å². The van der Waals surface area contributed by atoms with E-state index in [9.17, 15) is 0 Å². The molecule has 0 spiro atoms. The Bertz CT molecular complexity index is 758. The number of nitrogen functional groups attached to an aromatic ring is 1. The fourth-order valence-electron chi connectivity index (χ4n) is 2.40. The Morgan fingerprint density at radius 3 is 2.89 bits per heavy atom. The monoisotopic (exact) mass is 254 g/mol. The second-order valence-electron chi connectivity index (χ2n) is 5.09. The SMILES string of the molecule is CC[C@H](C)n1nc(N)c2cc3cccc(C)c3nc21. The molecule has 0 radical (unpaired) electrons. The van der Waals surface area contributed by atoms with Gasteiger partial charge in [0.25, 0.3) is 0 Å². The summed E-state index contributed by atoms with van der Waals surface area (Å²) in [6, 6.07) is 8.57. The largest absolute Gasteiger partial charge is 0.382 e. The Morgan fingerprint density at radius 1 is 1.37 bits per heavy atom. The molecule has 4 nitrogen and oxygen atoms in total. The van der Waals surface area contributed by atoms with Gasteiger partial charge in [-0.1, -0.05) is 25.1 Å². The summed E-state index contributed by atoms with van der Waals surface area (Å²) < 4.78 is 1.94. The molecule has 2 heterocycles. The van der Waals surface area contributed by atoms with Gasteiger partial charge in [-0.2, -0.15) is 5.10 Å². The summed E-state index contributed by atoms with van der Waals surface area (Å²) in [5.41, 5.74) is 9.11. The topological polar surface area (TPSA) is 56.7 Å². The van der Waals surface area contributed by atoms with Crippen molar-refractivity contribution in [2.24, 2.45) is 0 Å². The molecule has 0 aliphatic heterocycles. The van der Waals surface area contributed by atoms with E-state index in [2.05, 4.69) is 44.1 Å². The molecule has 0 amide bonds. The minimum atomic E-state index is 0.300. The van der Waals surface area contributed by atoms with Gasteiger partial charge in [-0.3, -0.25) is 0 Å². The molecule has 0 unspecified atom stereocenters. The third-order valence-electron chi connectivity index (χ3n) is 3.74. The molecular weight excluding hydrogens is 236 g/mol. The molecule has 1 atom stereocenters. The molecule has 3 rings (SSSR count). The van der Waals surface area contributed by atoms with E-state index >= 15 is 0 Å². The molecule has 0 saturated heterocycles. The number of aromatic nitrogens is 3. The maximum Gasteiger partial charge on any atom is 0.160 e. The van der Waals surface area contributed by atoms with Crippen LogP contribution in [0.2, 0.25) is 0 Å². The standard InChI is InChI=1S/C15H18N4/c1-4-10(3)19-15-12(14(16)18-19)8-11-7-5-6-9(2)13(11)17-15/h5-8,10H,4H2,1-3H3,(H2,16,18)/t10-/m0/s1. The zero-order valence-electron chi connectivity index (χ0n) is 11.5. The maximum absolute atomic E-state index is 6.03. The summed E-state index contributed by atoms with van der Waals surface area (Å²) in [5.74, 6) is 0.561. The number of anilines is 1. The number of pyridine rings is 1. The second-order valence-corrected chi connectivity index (χ2v) is 5.09. The Hall–Kier alpha value is -2.10. The van der Waals surface area contributed by atoms with Gasteiger partial charge >= 0.3 is 0 Å². The van der Waals surface area contributed by atoms with Crippen molar-refractivity contribution >= 4 is 27.8 Å². The highest BCUT2D eigenvalue weighted by molar-refractivity contribution is 5.97. The first-order valence-electron chi connectivity index (χ1n) is 6.66. The summed E-state index contributed by atoms with van der Waals surface area (Å²) in [4.78, 5) is 4.79. The van der Waals surface area contributed by atoms with Crippen molar-refractivity contribution in [3.05, 3.63) is 29.8 Å². The molecule has 0 aliphatic carbocycles. The first-order valence-corrected chi connectivity index (χ1v) is 6.66. The lowest BCUT2D eigenvalue weighted by atomic mass is 10.1. The van der Waals surface area contributed by atoms with Gasteiger partial charge in [-0.05, 0) is 31.9 Å². The average molecular weight is 254 g/mol. The summed E-state index contributed by atoms with van der Waals surface area (Å²) in [6.45, 7) is 6.35. The molecule has 3 aromatic rings. The molecule has 0 aliphatic rings. The molecular formula is C15H18N4. The smallest absolute Gasteiger partial charge is 0.160 e. The molecule has 0 bridgehead atoms. The summed E-state index contributed by atoms with van der Waals surface area (Å²) in [7, 11) is 0. The van der Waals surface area contributed by atoms with Gasteiger partial charge in [0.15, 0.2) is 11.5 Å². The van der Waals surface area contributed by atoms with Crippen molar-refractivity contribution in [1.29, 1.82) is 0 Å². The van der Waals surface area contributed by atoms with Crippen LogP contribution >= 0.6 is 0 Å². The van der Waals surface area contributed by atoms with Gasteiger partial charge in [0.2, 0.25) is 0 Å². The van der Waals surface area contributed by atoms with Gasteiger partial charge in [0.05, 0.1) is 16.9 Å². The molecule has 4 heteroatoms. The number of benzene rings is 1. The van der Waals surface area contributed by atoms with E-state index < -0.39 is 0 Å². The molecule has 0 saturated carbocycles. The Kier molecular flexibility index (Phi) is 2.66. The number of para-hydroxylation sites is 1. The van der Waals surface area contributed by atoms with E-state index in [0.717, 1.165) is 28.4 Å². The van der Waals surface area contributed by atoms with Crippen LogP contribution in [0.25, 0.3) is 21.9 Å². The van der Waals surface area contributed by atoms with Crippen molar-refractivity contribution in [1.82, 2.24) is 14.8 Å². The van der Waals surface area contributed by atoms with Crippen molar-refractivity contribution < 1.29 is 0 Å². The lowest BCUT2D eigenvalue weighted by molar-refractivity contribution is 0.492. The van der Waals surface area contributed by atoms with Gasteiger partial charge in [-0.25, -0.2) is 9.67 Å². The lowest BCUT2D eigenvalue weighted by Gasteiger charge is -2.10. The van der Waals surface area contributed by atoms with Crippen LogP contribution in [-0.2, 0) is 0 Å². The highest BCUT2D eigenvalue weighted by Crippen LogP contribution is 2.27. The van der Waals surface area contributed by atoms with Crippen LogP contribution in [0, 0.1) is 6.92 Å². The summed E-state index contributed by atoms with van der Waals surface area (Å²) in [6.07, 6.45) is 1.00. The fraction of sp³-hybridized carbons (Fsp3) is 0.333. The normalized spacial score (nSPS) is 13.2. The van der Waals surface area contributed by atoms with E-state index in [-0.39, 0.29) is 0 Å². The van der Waals surface area contributed by atoms with Gasteiger partial charge in [0.1, 0.15) is 0 Å². The molecule has 2 aromatic heterocycles. The van der Waals surface area contributed by atoms with E-state index in [0.29, 0.717) is 11.9 Å². The zero-order chi connectivity index (χ0) is 13.6. The first-order chi connectivity index (χ1) is 9.11. The van der Waals surface area contributed by atoms with E-state index in [4.69, 9.17) is 10.7 Å². The predicted octanol–water partition coefficient (Wildman–Crippen LogP) is 3.45. The minimum Gasteiger partial charge on any atom is -0.382 e. The van der Waals surface area contributed by atoms with Crippen LogP contribution in [0.3, 0.4) is 0 Å². The predicted molar refractivity (Wildman–Crippen MR) is 79.2 cm³/mol. The molecule has 19 heavy (non-hydrogen) atoms. The van der Waals surface area contributed by atoms with Crippen LogP contribution in [-0.4, -0.2) is 14.8 Å². The number of aryl methyl sites for hydroxylation is 1. The van der Waals surface area contributed by atoms with Gasteiger partial charge in [0, 0.05) is 5.39 Å². The molecule has 0 fully saturated rings. The van der Waals surface area contributed by atoms with Crippen molar-refractivity contribution in [2.45, 2.75) is 33.2 Å². The number of hydrogen-bond donors (Lipinski definition) is 1. The fourth-order valence-corrected chi connectivity index (χ4v) is 2.40. The van der Waals surface area contributed by atoms with E-state index in [1.165, 1.54) is 5.56 Å². The van der Waals surface area contributed by atoms with Crippen molar-refractivity contribution in [3.8, 4) is 0 Å². The van der Waals surface area contributed by atoms with Gasteiger partial charge < -0.3 is 5.73 Å². The molecule has 98 valence electrons. The van der Waals surface area contributed by atoms with E-state index in [1.54, 1.807) is 0 Å². The van der Waals surface area contributed by atoms with Crippen LogP contribution in [0.15, 0.2) is 24.3 Å². The average Bonchev–Trinajstić information content (AvgIpc) is 2.74. The zero-order valence-corrected chi connectivity index (χ0v) is 11.5. The number of nitrogens with two attached hydrogens (primary N) is 1. The maximum atomic E-state index is 6.03. The van der Waals surface area contributed by atoms with Crippen LogP contribution in [0.1, 0.15) is 31.9 Å². The lowest BCUT2D eigenvalue weighted by Crippen LogP contribution is -2.06. The highest BCUT2D eigenvalue weighted by atomic mass is 15.3. The number of fused-ring (bicyclic) bond motifs is 2. The summed E-state index contributed by atoms with van der Waals surface area (Å²) >= 11 is 0. The van der Waals surface area contributed by atoms with Gasteiger partial charge in [-0.15, -0.1) is 0 Å². The number of nitrogens with zero attached hydrogens (tertiary/aromatic N) is 3. The minimum absolute atomic E-state index is 0.300. The first kappa shape index (κ1) is 12.0. The Balaban J connectivity index is 2.40. The van der Waals surface area contributed by atoms with Crippen LogP contribution in [0.4, 0.5) is 5.82 Å². The quantitative estimate of drug-likeness (QED) is 0.762. The Morgan fingerprint density at radius 2 is 2.16 bits per heavy atom. The molecule has 2 N–H and O–H groups in total. The van der Waals surface area contributed by atoms with E-state index in [1.807, 2.05) is 10.7 Å². The van der Waals surface area contributed by atoms with Crippen LogP contribution in [0.5, 0.6) is 0 Å². The number of rotatable bonds is 2. The summed E-state index contributed by atoms with van der Waals surface area (Å²) in [5, 5.41) is 6.50. The van der Waals surface area contributed by atoms with Crippen molar-refractivity contribution in [2.75, 3.05) is 5.73 Å². The van der Waals surface area contributed by atoms with Crippen LogP contribution < -0.4 is 5.73 Å². The third kappa shape index (κ3) is 1.75. The Labute approximate surface area is 112 Å².